The fraction of sp³-hybridized carbons (Fsp3) is 1.00. The van der Waals surface area contributed by atoms with Crippen LogP contribution in [-0.4, -0.2) is 50.3 Å². The van der Waals surface area contributed by atoms with Crippen molar-refractivity contribution in [1.29, 1.82) is 0 Å². The minimum Gasteiger partial charge on any atom is -0.377 e. The minimum atomic E-state index is 0.462. The summed E-state index contributed by atoms with van der Waals surface area (Å²) in [6, 6.07) is 0.559. The summed E-state index contributed by atoms with van der Waals surface area (Å²) in [6.45, 7) is 8.62. The van der Waals surface area contributed by atoms with Crippen LogP contribution >= 0.6 is 0 Å². The SMILES string of the molecule is CCN(C)CC(C)NC[C@H]1CCCO1. The molecule has 1 heterocycles. The number of nitrogens with one attached hydrogen (secondary N) is 1. The molecule has 0 aliphatic carbocycles. The average molecular weight is 200 g/mol. The highest BCUT2D eigenvalue weighted by Gasteiger charge is 2.15. The van der Waals surface area contributed by atoms with E-state index >= 15 is 0 Å². The van der Waals surface area contributed by atoms with Crippen LogP contribution in [0.2, 0.25) is 0 Å². The smallest absolute Gasteiger partial charge is 0.0700 e. The molecule has 0 bridgehead atoms. The molecule has 0 aromatic heterocycles. The summed E-state index contributed by atoms with van der Waals surface area (Å²) in [7, 11) is 2.16. The molecule has 1 saturated heterocycles. The summed E-state index contributed by atoms with van der Waals surface area (Å²) < 4.78 is 5.56. The van der Waals surface area contributed by atoms with E-state index in [2.05, 4.69) is 31.1 Å². The highest BCUT2D eigenvalue weighted by molar-refractivity contribution is 4.71. The number of hydrogen-bond donors (Lipinski definition) is 1. The lowest BCUT2D eigenvalue weighted by molar-refractivity contribution is 0.106. The molecule has 1 unspecified atom stereocenters. The monoisotopic (exact) mass is 200 g/mol. The molecular formula is C11H24N2O. The highest BCUT2D eigenvalue weighted by atomic mass is 16.5. The van der Waals surface area contributed by atoms with E-state index in [4.69, 9.17) is 4.74 Å². The van der Waals surface area contributed by atoms with Crippen molar-refractivity contribution >= 4 is 0 Å². The van der Waals surface area contributed by atoms with Crippen LogP contribution in [0.25, 0.3) is 0 Å². The third-order valence-corrected chi connectivity index (χ3v) is 2.84. The standard InChI is InChI=1S/C11H24N2O/c1-4-13(3)9-10(2)12-8-11-6-5-7-14-11/h10-12H,4-9H2,1-3H3/t10?,11-/m1/s1. The Morgan fingerprint density at radius 3 is 2.93 bits per heavy atom. The van der Waals surface area contributed by atoms with E-state index in [1.54, 1.807) is 0 Å². The maximum Gasteiger partial charge on any atom is 0.0700 e. The van der Waals surface area contributed by atoms with Crippen LogP contribution in [0.1, 0.15) is 26.7 Å². The van der Waals surface area contributed by atoms with Crippen LogP contribution in [0.15, 0.2) is 0 Å². The summed E-state index contributed by atoms with van der Waals surface area (Å²) in [5, 5.41) is 3.52. The van der Waals surface area contributed by atoms with Gasteiger partial charge in [-0.15, -0.1) is 0 Å². The predicted octanol–water partition coefficient (Wildman–Crippen LogP) is 1.10. The maximum atomic E-state index is 5.56. The third-order valence-electron chi connectivity index (χ3n) is 2.84. The Balaban J connectivity index is 2.04. The fourth-order valence-corrected chi connectivity index (χ4v) is 1.80. The molecule has 0 spiro atoms. The molecular weight excluding hydrogens is 176 g/mol. The second-order valence-electron chi connectivity index (χ2n) is 4.30. The van der Waals surface area contributed by atoms with Gasteiger partial charge in [-0.25, -0.2) is 0 Å². The molecule has 3 heteroatoms. The molecule has 0 radical (unpaired) electrons. The van der Waals surface area contributed by atoms with E-state index in [0.29, 0.717) is 12.1 Å². The van der Waals surface area contributed by atoms with Gasteiger partial charge < -0.3 is 15.0 Å². The second kappa shape index (κ2) is 6.38. The van der Waals surface area contributed by atoms with E-state index < -0.39 is 0 Å². The van der Waals surface area contributed by atoms with Crippen LogP contribution in [0, 0.1) is 0 Å². The zero-order valence-electron chi connectivity index (χ0n) is 9.75. The Morgan fingerprint density at radius 1 is 1.57 bits per heavy atom. The second-order valence-corrected chi connectivity index (χ2v) is 4.30. The van der Waals surface area contributed by atoms with Gasteiger partial charge in [-0.1, -0.05) is 6.92 Å². The summed E-state index contributed by atoms with van der Waals surface area (Å²) in [5.41, 5.74) is 0. The van der Waals surface area contributed by atoms with Crippen molar-refractivity contribution in [3.63, 3.8) is 0 Å². The predicted molar refractivity (Wildman–Crippen MR) is 59.6 cm³/mol. The summed E-state index contributed by atoms with van der Waals surface area (Å²) in [5.74, 6) is 0. The van der Waals surface area contributed by atoms with Crippen molar-refractivity contribution in [2.24, 2.45) is 0 Å². The first-order chi connectivity index (χ1) is 6.72. The summed E-state index contributed by atoms with van der Waals surface area (Å²) >= 11 is 0. The van der Waals surface area contributed by atoms with Crippen molar-refractivity contribution < 1.29 is 4.74 Å². The molecule has 3 nitrogen and oxygen atoms in total. The third kappa shape index (κ3) is 4.40. The minimum absolute atomic E-state index is 0.462. The van der Waals surface area contributed by atoms with Gasteiger partial charge in [0, 0.05) is 25.7 Å². The fourth-order valence-electron chi connectivity index (χ4n) is 1.80. The maximum absolute atomic E-state index is 5.56. The van der Waals surface area contributed by atoms with Crippen molar-refractivity contribution in [2.45, 2.75) is 38.8 Å². The molecule has 1 N–H and O–H groups in total. The highest BCUT2D eigenvalue weighted by Crippen LogP contribution is 2.10. The number of ether oxygens (including phenoxy) is 1. The normalized spacial score (nSPS) is 24.4. The Morgan fingerprint density at radius 2 is 2.36 bits per heavy atom. The van der Waals surface area contributed by atoms with E-state index in [-0.39, 0.29) is 0 Å². The summed E-state index contributed by atoms with van der Waals surface area (Å²) in [4.78, 5) is 2.33. The van der Waals surface area contributed by atoms with Gasteiger partial charge in [-0.3, -0.25) is 0 Å². The van der Waals surface area contributed by atoms with E-state index in [1.165, 1.54) is 12.8 Å². The molecule has 2 atom stereocenters. The first-order valence-corrected chi connectivity index (χ1v) is 5.76. The van der Waals surface area contributed by atoms with Gasteiger partial charge in [0.05, 0.1) is 6.10 Å². The zero-order chi connectivity index (χ0) is 10.4. The molecule has 14 heavy (non-hydrogen) atoms. The van der Waals surface area contributed by atoms with Gasteiger partial charge in [0.2, 0.25) is 0 Å². The lowest BCUT2D eigenvalue weighted by Gasteiger charge is -2.22. The Hall–Kier alpha value is -0.120. The molecule has 84 valence electrons. The summed E-state index contributed by atoms with van der Waals surface area (Å²) in [6.07, 6.45) is 2.92. The Labute approximate surface area is 87.8 Å². The number of rotatable bonds is 6. The van der Waals surface area contributed by atoms with Crippen molar-refractivity contribution in [1.82, 2.24) is 10.2 Å². The lowest BCUT2D eigenvalue weighted by atomic mass is 10.2. The average Bonchev–Trinajstić information content (AvgIpc) is 2.67. The van der Waals surface area contributed by atoms with E-state index in [0.717, 1.165) is 26.2 Å². The molecule has 1 aliphatic rings. The Kier molecular flexibility index (Phi) is 5.45. The van der Waals surface area contributed by atoms with Gasteiger partial charge in [-0.05, 0) is 33.4 Å². The first kappa shape index (κ1) is 12.0. The number of likely N-dealkylation sites (N-methyl/N-ethyl adjacent to an activating group) is 1. The van der Waals surface area contributed by atoms with Crippen LogP contribution < -0.4 is 5.32 Å². The number of nitrogens with zero attached hydrogens (tertiary/aromatic N) is 1. The van der Waals surface area contributed by atoms with Crippen LogP contribution in [0.3, 0.4) is 0 Å². The van der Waals surface area contributed by atoms with Gasteiger partial charge in [0.15, 0.2) is 0 Å². The molecule has 0 saturated carbocycles. The first-order valence-electron chi connectivity index (χ1n) is 5.76. The molecule has 1 rings (SSSR count). The van der Waals surface area contributed by atoms with Gasteiger partial charge in [0.1, 0.15) is 0 Å². The van der Waals surface area contributed by atoms with Crippen molar-refractivity contribution in [3.05, 3.63) is 0 Å². The topological polar surface area (TPSA) is 24.5 Å². The lowest BCUT2D eigenvalue weighted by Crippen LogP contribution is -2.40. The number of hydrogen-bond acceptors (Lipinski definition) is 3. The molecule has 0 aromatic rings. The molecule has 0 aromatic carbocycles. The van der Waals surface area contributed by atoms with Gasteiger partial charge in [0.25, 0.3) is 0 Å². The quantitative estimate of drug-likeness (QED) is 0.695. The Bertz CT molecular complexity index is 146. The molecule has 0 amide bonds. The zero-order valence-corrected chi connectivity index (χ0v) is 9.75. The van der Waals surface area contributed by atoms with Crippen LogP contribution in [-0.2, 0) is 4.74 Å². The van der Waals surface area contributed by atoms with Crippen LogP contribution in [0.4, 0.5) is 0 Å². The molecule has 1 aliphatic heterocycles. The van der Waals surface area contributed by atoms with Gasteiger partial charge in [-0.2, -0.15) is 0 Å². The van der Waals surface area contributed by atoms with Crippen molar-refractivity contribution in [3.8, 4) is 0 Å². The van der Waals surface area contributed by atoms with Crippen molar-refractivity contribution in [2.75, 3.05) is 33.3 Å². The van der Waals surface area contributed by atoms with Crippen LogP contribution in [0.5, 0.6) is 0 Å². The molecule has 1 fully saturated rings. The van der Waals surface area contributed by atoms with Gasteiger partial charge >= 0.3 is 0 Å². The largest absolute Gasteiger partial charge is 0.377 e. The van der Waals surface area contributed by atoms with E-state index in [1.807, 2.05) is 0 Å². The van der Waals surface area contributed by atoms with E-state index in [9.17, 15) is 0 Å².